The number of urea groups is 1. The molecule has 1 fully saturated rings. The highest BCUT2D eigenvalue weighted by molar-refractivity contribution is 7.99. The Morgan fingerprint density at radius 3 is 2.75 bits per heavy atom. The summed E-state index contributed by atoms with van der Waals surface area (Å²) in [5.41, 5.74) is 0.766. The number of benzene rings is 1. The molecule has 128 valence electrons. The lowest BCUT2D eigenvalue weighted by Gasteiger charge is -2.13. The number of hydrogen-bond donors (Lipinski definition) is 3. The van der Waals surface area contributed by atoms with Gasteiger partial charge in [-0.05, 0) is 44.0 Å². The molecule has 9 heteroatoms. The van der Waals surface area contributed by atoms with Crippen molar-refractivity contribution in [1.82, 2.24) is 4.31 Å². The molecule has 3 rings (SSSR count). The van der Waals surface area contributed by atoms with Crippen LogP contribution in [0, 0.1) is 0 Å². The first-order valence-electron chi connectivity index (χ1n) is 7.19. The van der Waals surface area contributed by atoms with E-state index in [1.54, 1.807) is 23.6 Å². The summed E-state index contributed by atoms with van der Waals surface area (Å²) in [6.45, 7) is 0. The van der Waals surface area contributed by atoms with Crippen molar-refractivity contribution < 1.29 is 9.90 Å². The maximum atomic E-state index is 12.1. The Morgan fingerprint density at radius 1 is 1.33 bits per heavy atom. The van der Waals surface area contributed by atoms with Crippen molar-refractivity contribution in [3.05, 3.63) is 33.6 Å². The Kier molecular flexibility index (Phi) is 5.46. The van der Waals surface area contributed by atoms with Crippen LogP contribution in [0.15, 0.2) is 27.8 Å². The summed E-state index contributed by atoms with van der Waals surface area (Å²) >= 11 is 14.8. The van der Waals surface area contributed by atoms with Gasteiger partial charge in [-0.1, -0.05) is 29.3 Å². The van der Waals surface area contributed by atoms with E-state index in [0.717, 1.165) is 4.21 Å². The van der Waals surface area contributed by atoms with E-state index in [9.17, 15) is 9.90 Å². The van der Waals surface area contributed by atoms with Crippen LogP contribution in [-0.4, -0.2) is 28.5 Å². The number of amides is 2. The Hall–Kier alpha value is -1.12. The summed E-state index contributed by atoms with van der Waals surface area (Å²) in [5, 5.41) is 17.8. The number of carbonyl (C=O) groups excluding carboxylic acids is 1. The van der Waals surface area contributed by atoms with Gasteiger partial charge < -0.3 is 15.7 Å². The molecule has 1 aliphatic rings. The molecule has 1 aliphatic carbocycles. The summed E-state index contributed by atoms with van der Waals surface area (Å²) < 4.78 is 2.88. The van der Waals surface area contributed by atoms with Gasteiger partial charge in [0, 0.05) is 11.4 Å². The zero-order chi connectivity index (χ0) is 17.3. The predicted molar refractivity (Wildman–Crippen MR) is 102 cm³/mol. The smallest absolute Gasteiger partial charge is 0.323 e. The van der Waals surface area contributed by atoms with Crippen LogP contribution in [0.25, 0.3) is 0 Å². The van der Waals surface area contributed by atoms with Gasteiger partial charge in [0.1, 0.15) is 4.21 Å². The molecule has 0 bridgehead atoms. The van der Waals surface area contributed by atoms with Crippen molar-refractivity contribution in [2.75, 3.05) is 17.7 Å². The number of rotatable bonds is 5. The zero-order valence-electron chi connectivity index (χ0n) is 12.7. The van der Waals surface area contributed by atoms with Crippen LogP contribution >= 0.6 is 46.5 Å². The number of nitrogens with one attached hydrogen (secondary N) is 2. The third-order valence-electron chi connectivity index (χ3n) is 3.47. The van der Waals surface area contributed by atoms with Crippen molar-refractivity contribution in [1.29, 1.82) is 0 Å². The molecule has 5 nitrogen and oxygen atoms in total. The average Bonchev–Trinajstić information content (AvgIpc) is 3.34. The van der Waals surface area contributed by atoms with Crippen LogP contribution in [0.4, 0.5) is 16.2 Å². The third-order valence-corrected chi connectivity index (χ3v) is 6.51. The highest BCUT2D eigenvalue weighted by Crippen LogP contribution is 2.44. The summed E-state index contributed by atoms with van der Waals surface area (Å²) in [4.78, 5) is 12.1. The Bertz CT molecular complexity index is 765. The van der Waals surface area contributed by atoms with Crippen LogP contribution < -0.4 is 10.6 Å². The van der Waals surface area contributed by atoms with Gasteiger partial charge in [-0.25, -0.2) is 9.10 Å². The summed E-state index contributed by atoms with van der Waals surface area (Å²) in [6, 6.07) is 5.04. The molecule has 2 aromatic rings. The first-order chi connectivity index (χ1) is 11.5. The molecule has 2 amide bonds. The Labute approximate surface area is 158 Å². The number of nitrogens with zero attached hydrogens (tertiary/aromatic N) is 1. The van der Waals surface area contributed by atoms with E-state index in [4.69, 9.17) is 23.2 Å². The van der Waals surface area contributed by atoms with Crippen LogP contribution in [0.2, 0.25) is 10.0 Å². The molecule has 1 heterocycles. The number of thiophene rings is 1. The molecule has 0 saturated heterocycles. The van der Waals surface area contributed by atoms with E-state index in [0.29, 0.717) is 22.4 Å². The van der Waals surface area contributed by atoms with E-state index < -0.39 is 6.03 Å². The number of anilines is 2. The Balaban J connectivity index is 1.64. The average molecular weight is 404 g/mol. The number of hydrogen-bond acceptors (Lipinski definition) is 5. The molecule has 24 heavy (non-hydrogen) atoms. The second-order valence-corrected chi connectivity index (χ2v) is 8.42. The van der Waals surface area contributed by atoms with Crippen molar-refractivity contribution >= 4 is 63.9 Å². The van der Waals surface area contributed by atoms with Crippen molar-refractivity contribution in [2.45, 2.75) is 23.1 Å². The number of halogens is 2. The number of aromatic hydroxyl groups is 1. The van der Waals surface area contributed by atoms with E-state index in [-0.39, 0.29) is 10.8 Å². The second kappa shape index (κ2) is 7.41. The van der Waals surface area contributed by atoms with Crippen LogP contribution in [0.3, 0.4) is 0 Å². The van der Waals surface area contributed by atoms with E-state index in [2.05, 4.69) is 14.9 Å². The lowest BCUT2D eigenvalue weighted by atomic mass is 10.3. The predicted octanol–water partition coefficient (Wildman–Crippen LogP) is 5.51. The maximum Gasteiger partial charge on any atom is 0.323 e. The minimum absolute atomic E-state index is 0.0739. The molecule has 3 N–H and O–H groups in total. The molecule has 0 aliphatic heterocycles. The second-order valence-electron chi connectivity index (χ2n) is 5.33. The Morgan fingerprint density at radius 2 is 2.04 bits per heavy atom. The SMILES string of the molecule is CN(Sc1scc(NC(=O)Nc2cccc(Cl)c2Cl)c1O)C1CC1. The minimum Gasteiger partial charge on any atom is -0.504 e. The molecule has 1 aromatic carbocycles. The third kappa shape index (κ3) is 4.10. The topological polar surface area (TPSA) is 64.6 Å². The molecule has 1 saturated carbocycles. The van der Waals surface area contributed by atoms with Crippen molar-refractivity contribution in [3.8, 4) is 5.75 Å². The summed E-state index contributed by atoms with van der Waals surface area (Å²) in [5.74, 6) is 0.0739. The molecule has 0 unspecified atom stereocenters. The first-order valence-corrected chi connectivity index (χ1v) is 9.60. The van der Waals surface area contributed by atoms with E-state index in [1.165, 1.54) is 36.1 Å². The van der Waals surface area contributed by atoms with Crippen molar-refractivity contribution in [2.24, 2.45) is 0 Å². The fourth-order valence-electron chi connectivity index (χ4n) is 2.01. The standard InChI is InChI=1S/C15H15Cl2N3O2S2/c1-20(8-5-6-8)24-14-13(21)11(7-23-14)19-15(22)18-10-4-2-3-9(16)12(10)17/h2-4,7-8,21H,5-6H2,1H3,(H2,18,19,22). The minimum atomic E-state index is -0.501. The van der Waals surface area contributed by atoms with Gasteiger partial charge in [0.15, 0.2) is 5.75 Å². The van der Waals surface area contributed by atoms with Gasteiger partial charge in [-0.3, -0.25) is 0 Å². The monoisotopic (exact) mass is 403 g/mol. The van der Waals surface area contributed by atoms with Crippen LogP contribution in [-0.2, 0) is 0 Å². The van der Waals surface area contributed by atoms with Crippen molar-refractivity contribution in [3.63, 3.8) is 0 Å². The molecule has 0 spiro atoms. The largest absolute Gasteiger partial charge is 0.504 e. The molecular weight excluding hydrogens is 389 g/mol. The zero-order valence-corrected chi connectivity index (χ0v) is 15.8. The van der Waals surface area contributed by atoms with Gasteiger partial charge in [0.2, 0.25) is 0 Å². The number of carbonyl (C=O) groups is 1. The maximum absolute atomic E-state index is 12.1. The summed E-state index contributed by atoms with van der Waals surface area (Å²) in [6.07, 6.45) is 2.37. The first kappa shape index (κ1) is 17.7. The highest BCUT2D eigenvalue weighted by atomic mass is 35.5. The van der Waals surface area contributed by atoms with Crippen LogP contribution in [0.1, 0.15) is 12.8 Å². The quantitative estimate of drug-likeness (QED) is 0.576. The lowest BCUT2D eigenvalue weighted by molar-refractivity contribution is 0.262. The fraction of sp³-hybridized carbons (Fsp3) is 0.267. The van der Waals surface area contributed by atoms with Gasteiger partial charge in [0.25, 0.3) is 0 Å². The fourth-order valence-corrected chi connectivity index (χ4v) is 4.46. The van der Waals surface area contributed by atoms with Crippen LogP contribution in [0.5, 0.6) is 5.75 Å². The van der Waals surface area contributed by atoms with Gasteiger partial charge in [-0.15, -0.1) is 11.3 Å². The molecule has 0 radical (unpaired) electrons. The highest BCUT2D eigenvalue weighted by Gasteiger charge is 2.28. The van der Waals surface area contributed by atoms with E-state index in [1.807, 2.05) is 7.05 Å². The molecular formula is C15H15Cl2N3O2S2. The summed E-state index contributed by atoms with van der Waals surface area (Å²) in [7, 11) is 2.00. The van der Waals surface area contributed by atoms with E-state index >= 15 is 0 Å². The molecule has 0 atom stereocenters. The van der Waals surface area contributed by atoms with Gasteiger partial charge >= 0.3 is 6.03 Å². The lowest BCUT2D eigenvalue weighted by Crippen LogP contribution is -2.19. The normalized spacial score (nSPS) is 14.0. The van der Waals surface area contributed by atoms with Gasteiger partial charge in [0.05, 0.1) is 21.4 Å². The van der Waals surface area contributed by atoms with Gasteiger partial charge in [-0.2, -0.15) is 0 Å². The molecule has 1 aromatic heterocycles.